The SMILES string of the molecule is [B]c1cncc2ncc(Br)n12. The van der Waals surface area contributed by atoms with Crippen molar-refractivity contribution in [3.63, 3.8) is 0 Å². The van der Waals surface area contributed by atoms with E-state index in [1.54, 1.807) is 23.0 Å². The molecule has 0 aliphatic rings. The summed E-state index contributed by atoms with van der Waals surface area (Å²) in [4.78, 5) is 7.95. The Labute approximate surface area is 73.0 Å². The quantitative estimate of drug-likeness (QED) is 0.582. The Hall–Kier alpha value is -0.835. The summed E-state index contributed by atoms with van der Waals surface area (Å²) >= 11 is 3.31. The van der Waals surface area contributed by atoms with Gasteiger partial charge in [-0.1, -0.05) is 0 Å². The van der Waals surface area contributed by atoms with Gasteiger partial charge in [0.15, 0.2) is 5.65 Å². The second-order valence-corrected chi connectivity index (χ2v) is 2.92. The van der Waals surface area contributed by atoms with E-state index in [1.165, 1.54) is 0 Å². The highest BCUT2D eigenvalue weighted by molar-refractivity contribution is 9.10. The maximum absolute atomic E-state index is 5.63. The first kappa shape index (κ1) is 6.85. The van der Waals surface area contributed by atoms with Gasteiger partial charge in [0.25, 0.3) is 0 Å². The van der Waals surface area contributed by atoms with Crippen molar-refractivity contribution in [3.05, 3.63) is 23.2 Å². The molecule has 0 fully saturated rings. The molecule has 0 saturated heterocycles. The normalized spacial score (nSPS) is 10.6. The molecule has 2 rings (SSSR count). The molecule has 0 bridgehead atoms. The van der Waals surface area contributed by atoms with Gasteiger partial charge in [-0.05, 0) is 21.5 Å². The van der Waals surface area contributed by atoms with Crippen molar-refractivity contribution in [1.82, 2.24) is 14.4 Å². The Morgan fingerprint density at radius 1 is 1.36 bits per heavy atom. The fourth-order valence-corrected chi connectivity index (χ4v) is 1.42. The molecule has 0 saturated carbocycles. The highest BCUT2D eigenvalue weighted by atomic mass is 79.9. The molecule has 0 aliphatic carbocycles. The second kappa shape index (κ2) is 2.34. The smallest absolute Gasteiger partial charge is 0.155 e. The number of imidazole rings is 1. The number of hydrogen-bond acceptors (Lipinski definition) is 2. The molecule has 0 N–H and O–H groups in total. The summed E-state index contributed by atoms with van der Waals surface area (Å²) in [7, 11) is 5.63. The van der Waals surface area contributed by atoms with Crippen molar-refractivity contribution < 1.29 is 0 Å². The fourth-order valence-electron chi connectivity index (χ4n) is 0.929. The molecule has 3 nitrogen and oxygen atoms in total. The minimum atomic E-state index is 0.576. The highest BCUT2D eigenvalue weighted by Gasteiger charge is 2.00. The summed E-state index contributed by atoms with van der Waals surface area (Å²) in [5.41, 5.74) is 1.32. The van der Waals surface area contributed by atoms with Crippen molar-refractivity contribution >= 4 is 35.0 Å². The van der Waals surface area contributed by atoms with E-state index in [4.69, 9.17) is 7.85 Å². The van der Waals surface area contributed by atoms with Gasteiger partial charge in [0, 0.05) is 6.20 Å². The zero-order valence-corrected chi connectivity index (χ0v) is 7.12. The molecule has 52 valence electrons. The third-order valence-electron chi connectivity index (χ3n) is 1.40. The van der Waals surface area contributed by atoms with Crippen LogP contribution in [0.4, 0.5) is 0 Å². The summed E-state index contributed by atoms with van der Waals surface area (Å²) in [6.07, 6.45) is 4.92. The van der Waals surface area contributed by atoms with Crippen LogP contribution in [0.5, 0.6) is 0 Å². The molecular weight excluding hydrogens is 205 g/mol. The second-order valence-electron chi connectivity index (χ2n) is 2.11. The van der Waals surface area contributed by atoms with Crippen LogP contribution in [0.3, 0.4) is 0 Å². The summed E-state index contributed by atoms with van der Waals surface area (Å²) in [6.45, 7) is 0. The van der Waals surface area contributed by atoms with Gasteiger partial charge < -0.3 is 0 Å². The fraction of sp³-hybridized carbons (Fsp3) is 0. The van der Waals surface area contributed by atoms with E-state index in [1.807, 2.05) is 0 Å². The number of fused-ring (bicyclic) bond motifs is 1. The van der Waals surface area contributed by atoms with Crippen LogP contribution in [-0.2, 0) is 0 Å². The molecule has 5 heteroatoms. The summed E-state index contributed by atoms with van der Waals surface area (Å²) in [5.74, 6) is 0. The van der Waals surface area contributed by atoms with Crippen LogP contribution < -0.4 is 5.59 Å². The van der Waals surface area contributed by atoms with E-state index in [-0.39, 0.29) is 0 Å². The lowest BCUT2D eigenvalue weighted by atomic mass is 10.1. The van der Waals surface area contributed by atoms with Gasteiger partial charge in [0.05, 0.1) is 12.4 Å². The van der Waals surface area contributed by atoms with Crippen LogP contribution in [0, 0.1) is 0 Å². The predicted octanol–water partition coefficient (Wildman–Crippen LogP) is 0.286. The maximum Gasteiger partial charge on any atom is 0.155 e. The van der Waals surface area contributed by atoms with E-state index < -0.39 is 0 Å². The molecule has 0 aliphatic heterocycles. The lowest BCUT2D eigenvalue weighted by Gasteiger charge is -1.98. The Morgan fingerprint density at radius 2 is 2.18 bits per heavy atom. The number of halogens is 1. The van der Waals surface area contributed by atoms with Gasteiger partial charge in [-0.2, -0.15) is 0 Å². The van der Waals surface area contributed by atoms with Crippen LogP contribution in [0.25, 0.3) is 5.65 Å². The van der Waals surface area contributed by atoms with Crippen LogP contribution in [0.15, 0.2) is 23.2 Å². The van der Waals surface area contributed by atoms with Gasteiger partial charge in [0.1, 0.15) is 12.4 Å². The third kappa shape index (κ3) is 0.958. The lowest BCUT2D eigenvalue weighted by molar-refractivity contribution is 1.15. The molecule has 0 spiro atoms. The Bertz CT molecular complexity index is 398. The maximum atomic E-state index is 5.63. The first-order chi connectivity index (χ1) is 5.29. The predicted molar refractivity (Wildman–Crippen MR) is 46.1 cm³/mol. The topological polar surface area (TPSA) is 30.2 Å². The molecule has 0 aromatic carbocycles. The third-order valence-corrected chi connectivity index (χ3v) is 1.96. The molecule has 2 aromatic heterocycles. The monoisotopic (exact) mass is 207 g/mol. The molecule has 0 atom stereocenters. The van der Waals surface area contributed by atoms with Gasteiger partial charge >= 0.3 is 0 Å². The average molecular weight is 208 g/mol. The first-order valence-electron chi connectivity index (χ1n) is 3.01. The van der Waals surface area contributed by atoms with E-state index in [2.05, 4.69) is 25.9 Å². The highest BCUT2D eigenvalue weighted by Crippen LogP contribution is 2.08. The van der Waals surface area contributed by atoms with E-state index in [0.29, 0.717) is 5.59 Å². The molecule has 0 unspecified atom stereocenters. The molecular formula is C6H3BBrN3. The molecule has 2 aromatic rings. The van der Waals surface area contributed by atoms with Crippen LogP contribution >= 0.6 is 15.9 Å². The van der Waals surface area contributed by atoms with Crippen LogP contribution in [-0.4, -0.2) is 22.2 Å². The van der Waals surface area contributed by atoms with Crippen molar-refractivity contribution in [3.8, 4) is 0 Å². The minimum Gasteiger partial charge on any atom is -0.299 e. The summed E-state index contributed by atoms with van der Waals surface area (Å²) in [5, 5.41) is 0. The lowest BCUT2D eigenvalue weighted by Crippen LogP contribution is -2.14. The minimum absolute atomic E-state index is 0.576. The zero-order chi connectivity index (χ0) is 7.84. The van der Waals surface area contributed by atoms with E-state index >= 15 is 0 Å². The molecule has 11 heavy (non-hydrogen) atoms. The Morgan fingerprint density at radius 3 is 2.91 bits per heavy atom. The number of aromatic nitrogens is 3. The number of hydrogen-bond donors (Lipinski definition) is 0. The summed E-state index contributed by atoms with van der Waals surface area (Å²) < 4.78 is 2.61. The van der Waals surface area contributed by atoms with Crippen molar-refractivity contribution in [1.29, 1.82) is 0 Å². The van der Waals surface area contributed by atoms with Crippen molar-refractivity contribution in [2.24, 2.45) is 0 Å². The zero-order valence-electron chi connectivity index (χ0n) is 5.53. The summed E-state index contributed by atoms with van der Waals surface area (Å²) in [6, 6.07) is 0. The first-order valence-corrected chi connectivity index (χ1v) is 3.81. The molecule has 2 heterocycles. The molecule has 2 radical (unpaired) electrons. The van der Waals surface area contributed by atoms with E-state index in [0.717, 1.165) is 10.3 Å². The average Bonchev–Trinajstić information content (AvgIpc) is 2.34. The van der Waals surface area contributed by atoms with Gasteiger partial charge in [-0.15, -0.1) is 0 Å². The van der Waals surface area contributed by atoms with Crippen molar-refractivity contribution in [2.75, 3.05) is 0 Å². The van der Waals surface area contributed by atoms with Gasteiger partial charge in [0.2, 0.25) is 0 Å². The number of nitrogens with zero attached hydrogens (tertiary/aromatic N) is 3. The number of rotatable bonds is 0. The van der Waals surface area contributed by atoms with Crippen LogP contribution in [0.2, 0.25) is 0 Å². The Balaban J connectivity index is 2.96. The van der Waals surface area contributed by atoms with Crippen molar-refractivity contribution in [2.45, 2.75) is 0 Å². The van der Waals surface area contributed by atoms with Gasteiger partial charge in [-0.25, -0.2) is 4.98 Å². The standard InChI is InChI=1S/C6H3BBrN3/c7-4-1-9-3-6-10-2-5(8)11(4)6/h1-3H. The largest absolute Gasteiger partial charge is 0.299 e. The Kier molecular flexibility index (Phi) is 1.46. The molecule has 0 amide bonds. The van der Waals surface area contributed by atoms with Gasteiger partial charge in [-0.3, -0.25) is 9.38 Å². The van der Waals surface area contributed by atoms with Crippen LogP contribution in [0.1, 0.15) is 0 Å². The van der Waals surface area contributed by atoms with E-state index in [9.17, 15) is 0 Å².